The van der Waals surface area contributed by atoms with Gasteiger partial charge in [-0.05, 0) is 50.7 Å². The number of nitrogens with one attached hydrogen (secondary N) is 3. The van der Waals surface area contributed by atoms with Crippen molar-refractivity contribution in [2.75, 3.05) is 19.8 Å². The van der Waals surface area contributed by atoms with Crippen LogP contribution >= 0.6 is 0 Å². The third-order valence-corrected chi connectivity index (χ3v) is 8.19. The molecule has 1 atom stereocenters. The molecule has 3 aliphatic rings. The number of rotatable bonds is 11. The fraction of sp³-hybridized carbons (Fsp3) is 0.586. The molecular formula is C29H36F3N5O4. The zero-order valence-corrected chi connectivity index (χ0v) is 22.8. The van der Waals surface area contributed by atoms with Gasteiger partial charge in [0.15, 0.2) is 5.69 Å². The molecule has 2 heterocycles. The third kappa shape index (κ3) is 7.09. The number of hydrogen-bond donors (Lipinski definition) is 3. The van der Waals surface area contributed by atoms with E-state index in [-0.39, 0.29) is 59.7 Å². The fourth-order valence-electron chi connectivity index (χ4n) is 5.54. The Morgan fingerprint density at radius 1 is 1.05 bits per heavy atom. The fourth-order valence-corrected chi connectivity index (χ4v) is 5.54. The van der Waals surface area contributed by atoms with Crippen LogP contribution in [0.3, 0.4) is 0 Å². The Hall–Kier alpha value is -3.41. The van der Waals surface area contributed by atoms with Crippen LogP contribution in [0.15, 0.2) is 30.3 Å². The molecular weight excluding hydrogens is 539 g/mol. The number of hydrogen-bond acceptors (Lipinski definition) is 5. The van der Waals surface area contributed by atoms with Crippen LogP contribution < -0.4 is 16.0 Å². The minimum absolute atomic E-state index is 0.0102. The van der Waals surface area contributed by atoms with Gasteiger partial charge in [-0.15, -0.1) is 0 Å². The summed E-state index contributed by atoms with van der Waals surface area (Å²) in [4.78, 5) is 38.3. The minimum Gasteiger partial charge on any atom is -0.380 e. The van der Waals surface area contributed by atoms with Gasteiger partial charge in [-0.25, -0.2) is 0 Å². The Balaban J connectivity index is 1.34. The zero-order valence-electron chi connectivity index (χ0n) is 22.8. The van der Waals surface area contributed by atoms with Crippen molar-refractivity contribution in [3.8, 4) is 11.3 Å². The molecule has 2 aromatic rings. The van der Waals surface area contributed by atoms with E-state index in [4.69, 9.17) is 4.74 Å². The normalized spacial score (nSPS) is 18.8. The molecule has 0 radical (unpaired) electrons. The van der Waals surface area contributed by atoms with Crippen molar-refractivity contribution in [2.24, 2.45) is 5.92 Å². The highest BCUT2D eigenvalue weighted by atomic mass is 19.4. The molecule has 0 spiro atoms. The third-order valence-electron chi connectivity index (χ3n) is 8.19. The number of carbonyl (C=O) groups is 3. The summed E-state index contributed by atoms with van der Waals surface area (Å²) < 4.78 is 48.3. The van der Waals surface area contributed by atoms with Gasteiger partial charge in [0.2, 0.25) is 11.8 Å². The predicted octanol–water partition coefficient (Wildman–Crippen LogP) is 3.99. The number of carbonyl (C=O) groups excluding carboxylic acids is 3. The molecule has 2 saturated carbocycles. The Kier molecular flexibility index (Phi) is 8.96. The van der Waals surface area contributed by atoms with Crippen LogP contribution in [0.4, 0.5) is 13.2 Å². The lowest BCUT2D eigenvalue weighted by Gasteiger charge is -2.28. The molecule has 12 heteroatoms. The minimum atomic E-state index is -4.57. The van der Waals surface area contributed by atoms with Crippen LogP contribution in [0, 0.1) is 5.92 Å². The van der Waals surface area contributed by atoms with Crippen LogP contribution in [0.2, 0.25) is 0 Å². The van der Waals surface area contributed by atoms with Crippen LogP contribution in [-0.4, -0.2) is 59.3 Å². The zero-order chi connectivity index (χ0) is 29.0. The first-order chi connectivity index (χ1) is 19.7. The van der Waals surface area contributed by atoms with E-state index in [1.165, 1.54) is 24.3 Å². The molecule has 1 saturated heterocycles. The first-order valence-electron chi connectivity index (χ1n) is 14.4. The number of ether oxygens (including phenoxy) is 1. The molecule has 3 fully saturated rings. The average Bonchev–Trinajstić information content (AvgIpc) is 3.55. The summed E-state index contributed by atoms with van der Waals surface area (Å²) in [6, 6.07) is 6.13. The molecule has 1 aromatic carbocycles. The lowest BCUT2D eigenvalue weighted by molar-refractivity contribution is -0.139. The van der Waals surface area contributed by atoms with E-state index in [0.29, 0.717) is 19.6 Å². The largest absolute Gasteiger partial charge is 0.417 e. The van der Waals surface area contributed by atoms with Gasteiger partial charge in [0, 0.05) is 30.6 Å². The Morgan fingerprint density at radius 3 is 2.41 bits per heavy atom. The number of halogens is 3. The van der Waals surface area contributed by atoms with E-state index in [1.54, 1.807) is 4.68 Å². The van der Waals surface area contributed by atoms with Crippen LogP contribution in [-0.2, 0) is 20.5 Å². The number of alkyl halides is 3. The van der Waals surface area contributed by atoms with Crippen molar-refractivity contribution in [2.45, 2.75) is 82.1 Å². The molecule has 2 aliphatic carbocycles. The molecule has 41 heavy (non-hydrogen) atoms. The maximum absolute atomic E-state index is 13.9. The Morgan fingerprint density at radius 2 is 1.78 bits per heavy atom. The molecule has 1 aromatic heterocycles. The number of amides is 3. The van der Waals surface area contributed by atoms with Gasteiger partial charge >= 0.3 is 6.18 Å². The highest BCUT2D eigenvalue weighted by Crippen LogP contribution is 2.40. The highest BCUT2D eigenvalue weighted by molar-refractivity contribution is 5.94. The lowest BCUT2D eigenvalue weighted by atomic mass is 9.93. The van der Waals surface area contributed by atoms with Crippen LogP contribution in [0.5, 0.6) is 0 Å². The predicted molar refractivity (Wildman–Crippen MR) is 144 cm³/mol. The number of nitrogens with zero attached hydrogens (tertiary/aromatic N) is 2. The lowest BCUT2D eigenvalue weighted by Crippen LogP contribution is -2.46. The van der Waals surface area contributed by atoms with E-state index in [1.807, 2.05) is 0 Å². The van der Waals surface area contributed by atoms with Gasteiger partial charge < -0.3 is 20.7 Å². The van der Waals surface area contributed by atoms with Gasteiger partial charge in [0.25, 0.3) is 5.91 Å². The smallest absolute Gasteiger partial charge is 0.380 e. The van der Waals surface area contributed by atoms with E-state index in [2.05, 4.69) is 21.0 Å². The Labute approximate surface area is 236 Å². The van der Waals surface area contributed by atoms with E-state index < -0.39 is 23.7 Å². The second-order valence-electron chi connectivity index (χ2n) is 11.2. The van der Waals surface area contributed by atoms with Crippen molar-refractivity contribution >= 4 is 17.7 Å². The molecule has 3 amide bonds. The summed E-state index contributed by atoms with van der Waals surface area (Å²) in [5, 5.41) is 13.2. The second-order valence-corrected chi connectivity index (χ2v) is 11.2. The summed E-state index contributed by atoms with van der Waals surface area (Å²) in [5.74, 6) is -1.10. The molecule has 1 unspecified atom stereocenters. The molecule has 1 aliphatic heterocycles. The first kappa shape index (κ1) is 29.1. The van der Waals surface area contributed by atoms with Gasteiger partial charge in [-0.3, -0.25) is 19.1 Å². The van der Waals surface area contributed by atoms with Gasteiger partial charge in [-0.2, -0.15) is 18.3 Å². The number of aromatic nitrogens is 2. The Bertz CT molecular complexity index is 1250. The van der Waals surface area contributed by atoms with Gasteiger partial charge in [0.1, 0.15) is 0 Å². The van der Waals surface area contributed by atoms with Crippen molar-refractivity contribution in [1.29, 1.82) is 0 Å². The maximum atomic E-state index is 13.9. The molecule has 3 N–H and O–H groups in total. The van der Waals surface area contributed by atoms with Crippen molar-refractivity contribution in [3.63, 3.8) is 0 Å². The number of benzene rings is 1. The highest BCUT2D eigenvalue weighted by Gasteiger charge is 2.35. The van der Waals surface area contributed by atoms with E-state index in [0.717, 1.165) is 51.0 Å². The van der Waals surface area contributed by atoms with Gasteiger partial charge in [0.05, 0.1) is 36.4 Å². The molecule has 0 bridgehead atoms. The van der Waals surface area contributed by atoms with Crippen LogP contribution in [0.1, 0.15) is 79.9 Å². The van der Waals surface area contributed by atoms with Crippen molar-refractivity contribution in [1.82, 2.24) is 25.7 Å². The van der Waals surface area contributed by atoms with Crippen molar-refractivity contribution < 1.29 is 32.3 Å². The SMILES string of the molecule is O=C(CC(CCNC(=O)C1COC1)NC(=O)c1cc(-c2ccccc2C(F)(F)F)n(C2CCCC2)n1)NC1CCC1. The summed E-state index contributed by atoms with van der Waals surface area (Å²) in [6.45, 7) is 0.996. The second kappa shape index (κ2) is 12.6. The molecule has 5 rings (SSSR count). The van der Waals surface area contributed by atoms with Gasteiger partial charge in [-0.1, -0.05) is 31.0 Å². The van der Waals surface area contributed by atoms with Crippen molar-refractivity contribution in [3.05, 3.63) is 41.6 Å². The maximum Gasteiger partial charge on any atom is 0.417 e. The van der Waals surface area contributed by atoms with E-state index >= 15 is 0 Å². The standard InChI is InChI=1S/C29H36F3N5O4/c30-29(31,32)23-11-4-3-10-22(23)25-15-24(36-37(25)21-8-1-2-9-21)28(40)35-20(14-26(38)34-19-6-5-7-19)12-13-33-27(39)18-16-41-17-18/h3-4,10-11,15,18-21H,1-2,5-9,12-14,16-17H2,(H,33,39)(H,34,38)(H,35,40). The average molecular weight is 576 g/mol. The quantitative estimate of drug-likeness (QED) is 0.375. The van der Waals surface area contributed by atoms with E-state index in [9.17, 15) is 27.6 Å². The summed E-state index contributed by atoms with van der Waals surface area (Å²) in [7, 11) is 0. The van der Waals surface area contributed by atoms with Crippen LogP contribution in [0.25, 0.3) is 11.3 Å². The monoisotopic (exact) mass is 575 g/mol. The first-order valence-corrected chi connectivity index (χ1v) is 14.4. The summed E-state index contributed by atoms with van der Waals surface area (Å²) >= 11 is 0. The summed E-state index contributed by atoms with van der Waals surface area (Å²) in [5.41, 5.74) is -0.588. The molecule has 222 valence electrons. The summed E-state index contributed by atoms with van der Waals surface area (Å²) in [6.07, 6.45) is 2.04. The topological polar surface area (TPSA) is 114 Å². The molecule has 9 nitrogen and oxygen atoms in total.